The molecule has 0 atom stereocenters. The summed E-state index contributed by atoms with van der Waals surface area (Å²) in [5.74, 6) is 0. The summed E-state index contributed by atoms with van der Waals surface area (Å²) in [5.41, 5.74) is 2.36. The number of fused-ring (bicyclic) bond motifs is 1. The van der Waals surface area contributed by atoms with Gasteiger partial charge in [-0.25, -0.2) is 0 Å². The second-order valence-electron chi connectivity index (χ2n) is 3.84. The second kappa shape index (κ2) is 3.87. The number of nitrogens with zero attached hydrogens (tertiary/aromatic N) is 1. The first-order chi connectivity index (χ1) is 8.40. The Hall–Kier alpha value is -2.42. The minimum Gasteiger partial charge on any atom is -0.298 e. The molecule has 3 heteroatoms. The van der Waals surface area contributed by atoms with Crippen LogP contribution in [0.4, 0.5) is 0 Å². The van der Waals surface area contributed by atoms with Crippen LogP contribution in [0, 0.1) is 0 Å². The molecule has 0 amide bonds. The van der Waals surface area contributed by atoms with Gasteiger partial charge in [0, 0.05) is 5.56 Å². The van der Waals surface area contributed by atoms with Gasteiger partial charge >= 0.3 is 0 Å². The quantitative estimate of drug-likeness (QED) is 0.677. The van der Waals surface area contributed by atoms with Crippen molar-refractivity contribution in [2.45, 2.75) is 0 Å². The van der Waals surface area contributed by atoms with Crippen molar-refractivity contribution >= 4 is 17.1 Å². The van der Waals surface area contributed by atoms with Gasteiger partial charge in [-0.2, -0.15) is 5.10 Å². The maximum Gasteiger partial charge on any atom is 0.153 e. The Labute approximate surface area is 98.1 Å². The lowest BCUT2D eigenvalue weighted by Crippen LogP contribution is -1.86. The minimum atomic E-state index is 0.585. The van der Waals surface area contributed by atoms with Gasteiger partial charge in [0.05, 0.1) is 17.5 Å². The number of aromatic nitrogens is 2. The predicted octanol–water partition coefficient (Wildman–Crippen LogP) is 3.04. The first-order valence-electron chi connectivity index (χ1n) is 5.37. The fraction of sp³-hybridized carbons (Fsp3) is 0. The molecule has 0 saturated carbocycles. The van der Waals surface area contributed by atoms with Gasteiger partial charge in [-0.1, -0.05) is 42.5 Å². The number of aromatic amines is 1. The molecule has 82 valence electrons. The molecule has 1 heterocycles. The Balaban J connectivity index is 2.34. The van der Waals surface area contributed by atoms with Gasteiger partial charge in [-0.05, 0) is 10.8 Å². The highest BCUT2D eigenvalue weighted by Crippen LogP contribution is 2.28. The summed E-state index contributed by atoms with van der Waals surface area (Å²) in [6.45, 7) is 0. The molecule has 0 spiro atoms. The topological polar surface area (TPSA) is 45.8 Å². The zero-order valence-electron chi connectivity index (χ0n) is 9.05. The van der Waals surface area contributed by atoms with E-state index in [0.717, 1.165) is 28.3 Å². The van der Waals surface area contributed by atoms with Gasteiger partial charge in [0.15, 0.2) is 6.29 Å². The van der Waals surface area contributed by atoms with Gasteiger partial charge in [0.1, 0.15) is 0 Å². The predicted molar refractivity (Wildman–Crippen MR) is 66.9 cm³/mol. The third-order valence-electron chi connectivity index (χ3n) is 2.85. The summed E-state index contributed by atoms with van der Waals surface area (Å²) >= 11 is 0. The SMILES string of the molecule is O=Cc1cn[nH]c1-c1cccc2ccccc12. The molecule has 0 radical (unpaired) electrons. The van der Waals surface area contributed by atoms with Crippen molar-refractivity contribution in [3.8, 4) is 11.3 Å². The summed E-state index contributed by atoms with van der Waals surface area (Å²) in [5, 5.41) is 9.07. The Bertz CT molecular complexity index is 680. The average molecular weight is 222 g/mol. The Morgan fingerprint density at radius 3 is 2.76 bits per heavy atom. The van der Waals surface area contributed by atoms with Crippen LogP contribution >= 0.6 is 0 Å². The van der Waals surface area contributed by atoms with E-state index in [9.17, 15) is 4.79 Å². The van der Waals surface area contributed by atoms with Gasteiger partial charge in [0.25, 0.3) is 0 Å². The van der Waals surface area contributed by atoms with Crippen LogP contribution in [-0.4, -0.2) is 16.5 Å². The van der Waals surface area contributed by atoms with E-state index >= 15 is 0 Å². The van der Waals surface area contributed by atoms with E-state index in [1.165, 1.54) is 0 Å². The molecule has 3 aromatic rings. The molecule has 0 aliphatic carbocycles. The number of hydrogen-bond acceptors (Lipinski definition) is 2. The highest BCUT2D eigenvalue weighted by Gasteiger charge is 2.09. The molecule has 0 unspecified atom stereocenters. The number of carbonyl (C=O) groups is 1. The van der Waals surface area contributed by atoms with Crippen molar-refractivity contribution in [3.63, 3.8) is 0 Å². The van der Waals surface area contributed by atoms with Crippen LogP contribution in [0.3, 0.4) is 0 Å². The minimum absolute atomic E-state index is 0.585. The smallest absolute Gasteiger partial charge is 0.153 e. The molecule has 0 bridgehead atoms. The van der Waals surface area contributed by atoms with Crippen LogP contribution in [0.5, 0.6) is 0 Å². The standard InChI is InChI=1S/C14H10N2O/c17-9-11-8-15-16-14(11)13-7-3-5-10-4-1-2-6-12(10)13/h1-9H,(H,15,16). The monoisotopic (exact) mass is 222 g/mol. The van der Waals surface area contributed by atoms with E-state index in [2.05, 4.69) is 22.3 Å². The van der Waals surface area contributed by atoms with Crippen LogP contribution in [0.15, 0.2) is 48.7 Å². The Kier molecular flexibility index (Phi) is 2.22. The molecule has 17 heavy (non-hydrogen) atoms. The third-order valence-corrected chi connectivity index (χ3v) is 2.85. The number of rotatable bonds is 2. The summed E-state index contributed by atoms with van der Waals surface area (Å²) in [4.78, 5) is 10.9. The zero-order valence-corrected chi connectivity index (χ0v) is 9.05. The normalized spacial score (nSPS) is 10.6. The van der Waals surface area contributed by atoms with Crippen molar-refractivity contribution in [3.05, 3.63) is 54.2 Å². The van der Waals surface area contributed by atoms with E-state index in [1.807, 2.05) is 30.3 Å². The molecule has 0 fully saturated rings. The molecular formula is C14H10N2O. The molecule has 3 nitrogen and oxygen atoms in total. The first kappa shape index (κ1) is 9.78. The molecule has 0 aliphatic rings. The molecule has 0 aliphatic heterocycles. The Morgan fingerprint density at radius 2 is 1.88 bits per heavy atom. The second-order valence-corrected chi connectivity index (χ2v) is 3.84. The van der Waals surface area contributed by atoms with Crippen molar-refractivity contribution in [2.24, 2.45) is 0 Å². The van der Waals surface area contributed by atoms with Crippen LogP contribution in [0.1, 0.15) is 10.4 Å². The molecule has 3 rings (SSSR count). The number of benzene rings is 2. The lowest BCUT2D eigenvalue weighted by molar-refractivity contribution is 0.112. The summed E-state index contributed by atoms with van der Waals surface area (Å²) in [7, 11) is 0. The van der Waals surface area contributed by atoms with E-state index in [-0.39, 0.29) is 0 Å². The maximum atomic E-state index is 10.9. The summed E-state index contributed by atoms with van der Waals surface area (Å²) < 4.78 is 0. The number of carbonyl (C=O) groups excluding carboxylic acids is 1. The van der Waals surface area contributed by atoms with E-state index in [0.29, 0.717) is 5.56 Å². The number of H-pyrrole nitrogens is 1. The third kappa shape index (κ3) is 1.52. The average Bonchev–Trinajstić information content (AvgIpc) is 2.86. The molecule has 2 aromatic carbocycles. The van der Waals surface area contributed by atoms with Crippen LogP contribution < -0.4 is 0 Å². The van der Waals surface area contributed by atoms with Crippen molar-refractivity contribution in [2.75, 3.05) is 0 Å². The van der Waals surface area contributed by atoms with E-state index < -0.39 is 0 Å². The van der Waals surface area contributed by atoms with Crippen LogP contribution in [0.2, 0.25) is 0 Å². The van der Waals surface area contributed by atoms with Gasteiger partial charge in [-0.15, -0.1) is 0 Å². The highest BCUT2D eigenvalue weighted by molar-refractivity contribution is 5.99. The van der Waals surface area contributed by atoms with Crippen molar-refractivity contribution in [1.82, 2.24) is 10.2 Å². The van der Waals surface area contributed by atoms with Crippen molar-refractivity contribution in [1.29, 1.82) is 0 Å². The lowest BCUT2D eigenvalue weighted by atomic mass is 10.0. The lowest BCUT2D eigenvalue weighted by Gasteiger charge is -2.04. The fourth-order valence-corrected chi connectivity index (χ4v) is 2.04. The largest absolute Gasteiger partial charge is 0.298 e. The summed E-state index contributed by atoms with van der Waals surface area (Å²) in [6.07, 6.45) is 2.37. The van der Waals surface area contributed by atoms with Crippen LogP contribution in [0.25, 0.3) is 22.0 Å². The van der Waals surface area contributed by atoms with E-state index in [1.54, 1.807) is 6.20 Å². The summed E-state index contributed by atoms with van der Waals surface area (Å²) in [6, 6.07) is 14.1. The zero-order chi connectivity index (χ0) is 11.7. The molecule has 1 aromatic heterocycles. The van der Waals surface area contributed by atoms with E-state index in [4.69, 9.17) is 0 Å². The number of nitrogens with one attached hydrogen (secondary N) is 1. The molecule has 1 N–H and O–H groups in total. The van der Waals surface area contributed by atoms with Crippen LogP contribution in [-0.2, 0) is 0 Å². The highest BCUT2D eigenvalue weighted by atomic mass is 16.1. The number of hydrogen-bond donors (Lipinski definition) is 1. The number of aldehydes is 1. The van der Waals surface area contributed by atoms with Gasteiger partial charge in [0.2, 0.25) is 0 Å². The Morgan fingerprint density at radius 1 is 1.06 bits per heavy atom. The fourth-order valence-electron chi connectivity index (χ4n) is 2.04. The first-order valence-corrected chi connectivity index (χ1v) is 5.37. The molecular weight excluding hydrogens is 212 g/mol. The molecule has 0 saturated heterocycles. The maximum absolute atomic E-state index is 10.9. The van der Waals surface area contributed by atoms with Crippen molar-refractivity contribution < 1.29 is 4.79 Å². The van der Waals surface area contributed by atoms with Gasteiger partial charge < -0.3 is 0 Å². The van der Waals surface area contributed by atoms with Gasteiger partial charge in [-0.3, -0.25) is 9.89 Å².